The van der Waals surface area contributed by atoms with Crippen molar-refractivity contribution in [2.75, 3.05) is 11.9 Å². The molecule has 0 aromatic heterocycles. The predicted molar refractivity (Wildman–Crippen MR) is 69.1 cm³/mol. The lowest BCUT2D eigenvalue weighted by atomic mass is 10.0. The van der Waals surface area contributed by atoms with Crippen LogP contribution >= 0.6 is 11.6 Å². The number of para-hydroxylation sites is 1. The summed E-state index contributed by atoms with van der Waals surface area (Å²) in [5, 5.41) is 4.23. The van der Waals surface area contributed by atoms with Gasteiger partial charge in [-0.1, -0.05) is 41.9 Å². The lowest BCUT2D eigenvalue weighted by Gasteiger charge is -2.09. The van der Waals surface area contributed by atoms with Gasteiger partial charge in [0.2, 0.25) is 0 Å². The number of nitrogens with one attached hydrogen (secondary N) is 1. The third kappa shape index (κ3) is 1.57. The van der Waals surface area contributed by atoms with E-state index in [1.54, 1.807) is 0 Å². The maximum Gasteiger partial charge on any atom is 0.0453 e. The molecule has 0 amide bonds. The van der Waals surface area contributed by atoms with Crippen LogP contribution in [0.25, 0.3) is 11.1 Å². The van der Waals surface area contributed by atoms with E-state index in [1.807, 2.05) is 18.2 Å². The van der Waals surface area contributed by atoms with Crippen LogP contribution in [-0.2, 0) is 6.42 Å². The van der Waals surface area contributed by atoms with E-state index in [2.05, 4.69) is 29.6 Å². The lowest BCUT2D eigenvalue weighted by molar-refractivity contribution is 1.11. The molecule has 16 heavy (non-hydrogen) atoms. The van der Waals surface area contributed by atoms with Gasteiger partial charge in [0.05, 0.1) is 0 Å². The topological polar surface area (TPSA) is 12.0 Å². The minimum absolute atomic E-state index is 0.785. The number of rotatable bonds is 1. The smallest absolute Gasteiger partial charge is 0.0453 e. The summed E-state index contributed by atoms with van der Waals surface area (Å²) in [7, 11) is 0. The zero-order valence-electron chi connectivity index (χ0n) is 8.83. The molecule has 0 saturated heterocycles. The molecule has 0 radical (unpaired) electrons. The van der Waals surface area contributed by atoms with Crippen molar-refractivity contribution >= 4 is 17.3 Å². The molecule has 80 valence electrons. The van der Waals surface area contributed by atoms with Crippen molar-refractivity contribution in [3.05, 3.63) is 53.1 Å². The van der Waals surface area contributed by atoms with Gasteiger partial charge in [-0.15, -0.1) is 0 Å². The number of benzene rings is 2. The van der Waals surface area contributed by atoms with Gasteiger partial charge >= 0.3 is 0 Å². The van der Waals surface area contributed by atoms with Crippen molar-refractivity contribution in [3.8, 4) is 11.1 Å². The van der Waals surface area contributed by atoms with Gasteiger partial charge in [-0.2, -0.15) is 0 Å². The fourth-order valence-corrected chi connectivity index (χ4v) is 2.43. The van der Waals surface area contributed by atoms with Crippen LogP contribution in [-0.4, -0.2) is 6.54 Å². The molecular weight excluding hydrogens is 218 g/mol. The molecule has 1 heterocycles. The van der Waals surface area contributed by atoms with Crippen LogP contribution in [0, 0.1) is 0 Å². The van der Waals surface area contributed by atoms with Gasteiger partial charge < -0.3 is 5.32 Å². The summed E-state index contributed by atoms with van der Waals surface area (Å²) in [6.45, 7) is 1.03. The number of halogens is 1. The van der Waals surface area contributed by atoms with Gasteiger partial charge in [0.25, 0.3) is 0 Å². The van der Waals surface area contributed by atoms with Crippen molar-refractivity contribution in [2.24, 2.45) is 0 Å². The highest BCUT2D eigenvalue weighted by Crippen LogP contribution is 2.34. The first-order chi connectivity index (χ1) is 7.84. The minimum Gasteiger partial charge on any atom is -0.384 e. The Hall–Kier alpha value is -1.47. The van der Waals surface area contributed by atoms with E-state index in [4.69, 9.17) is 11.6 Å². The summed E-state index contributed by atoms with van der Waals surface area (Å²) in [5.41, 5.74) is 5.10. The molecule has 0 aliphatic carbocycles. The molecule has 0 fully saturated rings. The molecule has 1 aliphatic heterocycles. The molecule has 1 nitrogen and oxygen atoms in total. The Labute approximate surface area is 100 Å². The second kappa shape index (κ2) is 3.84. The zero-order chi connectivity index (χ0) is 11.0. The summed E-state index contributed by atoms with van der Waals surface area (Å²) in [6, 6.07) is 14.4. The van der Waals surface area contributed by atoms with E-state index in [0.29, 0.717) is 0 Å². The van der Waals surface area contributed by atoms with Gasteiger partial charge in [0, 0.05) is 22.8 Å². The van der Waals surface area contributed by atoms with Crippen LogP contribution < -0.4 is 5.32 Å². The van der Waals surface area contributed by atoms with Gasteiger partial charge in [-0.3, -0.25) is 0 Å². The fourth-order valence-electron chi connectivity index (χ4n) is 2.24. The molecule has 2 aromatic carbocycles. The number of hydrogen-bond donors (Lipinski definition) is 1. The van der Waals surface area contributed by atoms with Gasteiger partial charge in [0.1, 0.15) is 0 Å². The molecule has 0 atom stereocenters. The van der Waals surface area contributed by atoms with E-state index >= 15 is 0 Å². The fraction of sp³-hybridized carbons (Fsp3) is 0.143. The summed E-state index contributed by atoms with van der Waals surface area (Å²) in [4.78, 5) is 0. The first-order valence-corrected chi connectivity index (χ1v) is 5.84. The summed E-state index contributed by atoms with van der Waals surface area (Å²) < 4.78 is 0. The second-order valence-corrected chi connectivity index (χ2v) is 4.46. The zero-order valence-corrected chi connectivity index (χ0v) is 9.59. The quantitative estimate of drug-likeness (QED) is 0.780. The van der Waals surface area contributed by atoms with Gasteiger partial charge in [-0.25, -0.2) is 0 Å². The molecule has 0 bridgehead atoms. The van der Waals surface area contributed by atoms with Crippen LogP contribution in [0.1, 0.15) is 5.56 Å². The average molecular weight is 230 g/mol. The van der Waals surface area contributed by atoms with E-state index in [1.165, 1.54) is 22.4 Å². The normalized spacial score (nSPS) is 13.3. The Morgan fingerprint density at radius 2 is 1.94 bits per heavy atom. The Kier molecular flexibility index (Phi) is 2.33. The highest BCUT2D eigenvalue weighted by Gasteiger charge is 2.14. The molecule has 2 heteroatoms. The maximum atomic E-state index is 6.03. The van der Waals surface area contributed by atoms with Crippen LogP contribution in [0.3, 0.4) is 0 Å². The maximum absolute atomic E-state index is 6.03. The summed E-state index contributed by atoms with van der Waals surface area (Å²) in [6.07, 6.45) is 1.11. The highest BCUT2D eigenvalue weighted by atomic mass is 35.5. The SMILES string of the molecule is Clc1cccc(-c2cccc3c2NCC3)c1. The Bertz CT molecular complexity index is 534. The van der Waals surface area contributed by atoms with Gasteiger partial charge in [-0.05, 0) is 29.7 Å². The van der Waals surface area contributed by atoms with Crippen LogP contribution in [0.2, 0.25) is 5.02 Å². The molecule has 2 aromatic rings. The lowest BCUT2D eigenvalue weighted by Crippen LogP contribution is -1.93. The highest BCUT2D eigenvalue weighted by molar-refractivity contribution is 6.30. The average Bonchev–Trinajstić information content (AvgIpc) is 2.76. The molecule has 0 spiro atoms. The van der Waals surface area contributed by atoms with Crippen molar-refractivity contribution < 1.29 is 0 Å². The first-order valence-electron chi connectivity index (χ1n) is 5.46. The van der Waals surface area contributed by atoms with E-state index in [0.717, 1.165) is 18.0 Å². The standard InChI is InChI=1S/C14H12ClN/c15-12-5-1-4-11(9-12)13-6-2-3-10-7-8-16-14(10)13/h1-6,9,16H,7-8H2. The van der Waals surface area contributed by atoms with Crippen LogP contribution in [0.4, 0.5) is 5.69 Å². The largest absolute Gasteiger partial charge is 0.384 e. The molecule has 0 saturated carbocycles. The number of hydrogen-bond acceptors (Lipinski definition) is 1. The van der Waals surface area contributed by atoms with Crippen LogP contribution in [0.15, 0.2) is 42.5 Å². The third-order valence-electron chi connectivity index (χ3n) is 2.98. The number of fused-ring (bicyclic) bond motifs is 1. The summed E-state index contributed by atoms with van der Waals surface area (Å²) >= 11 is 6.03. The molecule has 1 N–H and O–H groups in total. The first kappa shape index (κ1) is 9.73. The number of anilines is 1. The summed E-state index contributed by atoms with van der Waals surface area (Å²) in [5.74, 6) is 0. The van der Waals surface area contributed by atoms with Crippen molar-refractivity contribution in [3.63, 3.8) is 0 Å². The molecule has 3 rings (SSSR count). The second-order valence-electron chi connectivity index (χ2n) is 4.03. The Balaban J connectivity index is 2.17. The molecule has 0 unspecified atom stereocenters. The van der Waals surface area contributed by atoms with E-state index in [-0.39, 0.29) is 0 Å². The van der Waals surface area contributed by atoms with Crippen molar-refractivity contribution in [2.45, 2.75) is 6.42 Å². The minimum atomic E-state index is 0.785. The molecular formula is C14H12ClN. The monoisotopic (exact) mass is 229 g/mol. The third-order valence-corrected chi connectivity index (χ3v) is 3.22. The predicted octanol–water partition coefficient (Wildman–Crippen LogP) is 3.98. The van der Waals surface area contributed by atoms with Crippen molar-refractivity contribution in [1.82, 2.24) is 0 Å². The van der Waals surface area contributed by atoms with E-state index < -0.39 is 0 Å². The Morgan fingerprint density at radius 3 is 2.81 bits per heavy atom. The Morgan fingerprint density at radius 1 is 1.06 bits per heavy atom. The van der Waals surface area contributed by atoms with Gasteiger partial charge in [0.15, 0.2) is 0 Å². The molecule has 1 aliphatic rings. The van der Waals surface area contributed by atoms with Crippen molar-refractivity contribution in [1.29, 1.82) is 0 Å². The van der Waals surface area contributed by atoms with E-state index in [9.17, 15) is 0 Å². The van der Waals surface area contributed by atoms with Crippen LogP contribution in [0.5, 0.6) is 0 Å².